The number of methoxy groups -OCH3 is 1. The van der Waals surface area contributed by atoms with Crippen LogP contribution in [0.15, 0.2) is 42.7 Å². The molecule has 1 aliphatic rings. The first-order valence-corrected chi connectivity index (χ1v) is 9.39. The van der Waals surface area contributed by atoms with Crippen LogP contribution in [0.25, 0.3) is 22.0 Å². The Hall–Kier alpha value is -3.06. The lowest BCUT2D eigenvalue weighted by atomic mass is 9.96. The predicted molar refractivity (Wildman–Crippen MR) is 108 cm³/mol. The second-order valence-electron chi connectivity index (χ2n) is 7.18. The topological polar surface area (TPSA) is 80.2 Å². The fourth-order valence-electron chi connectivity index (χ4n) is 3.47. The molecule has 144 valence electrons. The van der Waals surface area contributed by atoms with Gasteiger partial charge in [-0.05, 0) is 62.8 Å². The molecule has 1 N–H and O–H groups in total. The van der Waals surface area contributed by atoms with Gasteiger partial charge >= 0.3 is 0 Å². The number of aromatic nitrogens is 3. The van der Waals surface area contributed by atoms with Gasteiger partial charge in [0.05, 0.1) is 18.8 Å². The molecule has 0 atom stereocenters. The molecule has 1 amide bonds. The predicted octanol–water partition coefficient (Wildman–Crippen LogP) is 2.98. The number of piperidine rings is 1. The molecule has 2 aromatic heterocycles. The minimum Gasteiger partial charge on any atom is -0.495 e. The number of ether oxygens (including phenoxy) is 1. The number of carbonyl (C=O) groups excluding carboxylic acids is 1. The Balaban J connectivity index is 1.56. The molecule has 3 aromatic rings. The third-order valence-electron chi connectivity index (χ3n) is 5.21. The molecule has 0 saturated carbocycles. The maximum atomic E-state index is 12.5. The van der Waals surface area contributed by atoms with Crippen LogP contribution in [0.2, 0.25) is 0 Å². The van der Waals surface area contributed by atoms with E-state index in [0.29, 0.717) is 11.6 Å². The van der Waals surface area contributed by atoms with Crippen molar-refractivity contribution in [1.82, 2.24) is 20.1 Å². The van der Waals surface area contributed by atoms with Gasteiger partial charge in [0.15, 0.2) is 5.82 Å². The fourth-order valence-corrected chi connectivity index (χ4v) is 3.47. The molecule has 1 aromatic carbocycles. The van der Waals surface area contributed by atoms with Crippen molar-refractivity contribution in [3.05, 3.63) is 42.7 Å². The van der Waals surface area contributed by atoms with E-state index < -0.39 is 0 Å². The fraction of sp³-hybridized carbons (Fsp3) is 0.333. The van der Waals surface area contributed by atoms with Crippen molar-refractivity contribution in [2.75, 3.05) is 32.6 Å². The van der Waals surface area contributed by atoms with E-state index in [9.17, 15) is 4.79 Å². The number of anilines is 1. The van der Waals surface area contributed by atoms with Gasteiger partial charge in [0.2, 0.25) is 5.91 Å². The van der Waals surface area contributed by atoms with E-state index in [0.717, 1.165) is 48.0 Å². The van der Waals surface area contributed by atoms with E-state index in [4.69, 9.17) is 4.74 Å². The lowest BCUT2D eigenvalue weighted by Gasteiger charge is -2.27. The van der Waals surface area contributed by atoms with Crippen LogP contribution in [0.5, 0.6) is 5.75 Å². The summed E-state index contributed by atoms with van der Waals surface area (Å²) in [5, 5.41) is 12.3. The zero-order valence-electron chi connectivity index (χ0n) is 16.1. The number of carbonyl (C=O) groups is 1. The Morgan fingerprint density at radius 2 is 1.93 bits per heavy atom. The van der Waals surface area contributed by atoms with Crippen LogP contribution < -0.4 is 10.1 Å². The molecule has 1 aliphatic heterocycles. The number of rotatable bonds is 4. The van der Waals surface area contributed by atoms with Crippen LogP contribution in [-0.4, -0.2) is 53.2 Å². The molecule has 0 aliphatic carbocycles. The summed E-state index contributed by atoms with van der Waals surface area (Å²) < 4.78 is 5.26. The van der Waals surface area contributed by atoms with Crippen LogP contribution in [0.1, 0.15) is 12.8 Å². The highest BCUT2D eigenvalue weighted by atomic mass is 16.5. The Morgan fingerprint density at radius 3 is 2.71 bits per heavy atom. The maximum absolute atomic E-state index is 12.5. The summed E-state index contributed by atoms with van der Waals surface area (Å²) in [5.41, 5.74) is 2.73. The Kier molecular flexibility index (Phi) is 5.16. The molecule has 0 spiro atoms. The average molecular weight is 377 g/mol. The van der Waals surface area contributed by atoms with Gasteiger partial charge in [-0.25, -0.2) is 0 Å². The molecule has 4 rings (SSSR count). The first-order chi connectivity index (χ1) is 13.6. The van der Waals surface area contributed by atoms with Gasteiger partial charge in [-0.3, -0.25) is 9.78 Å². The normalized spacial score (nSPS) is 15.5. The smallest absolute Gasteiger partial charge is 0.228 e. The van der Waals surface area contributed by atoms with Crippen LogP contribution in [0.3, 0.4) is 0 Å². The molecule has 7 heteroatoms. The highest BCUT2D eigenvalue weighted by Crippen LogP contribution is 2.26. The van der Waals surface area contributed by atoms with Gasteiger partial charge in [-0.15, -0.1) is 10.2 Å². The number of amides is 1. The summed E-state index contributed by atoms with van der Waals surface area (Å²) in [5.74, 6) is 1.24. The zero-order valence-corrected chi connectivity index (χ0v) is 16.1. The third kappa shape index (κ3) is 3.94. The van der Waals surface area contributed by atoms with E-state index in [2.05, 4.69) is 32.4 Å². The van der Waals surface area contributed by atoms with Crippen LogP contribution in [0, 0.1) is 5.92 Å². The third-order valence-corrected chi connectivity index (χ3v) is 5.21. The summed E-state index contributed by atoms with van der Waals surface area (Å²) in [6.45, 7) is 1.89. The van der Waals surface area contributed by atoms with Gasteiger partial charge in [-0.2, -0.15) is 0 Å². The van der Waals surface area contributed by atoms with Crippen molar-refractivity contribution in [3.8, 4) is 16.9 Å². The van der Waals surface area contributed by atoms with Gasteiger partial charge in [0.25, 0.3) is 0 Å². The van der Waals surface area contributed by atoms with E-state index in [1.54, 1.807) is 19.5 Å². The van der Waals surface area contributed by atoms with E-state index in [1.807, 2.05) is 30.3 Å². The molecule has 7 nitrogen and oxygen atoms in total. The van der Waals surface area contributed by atoms with E-state index in [-0.39, 0.29) is 11.8 Å². The Morgan fingerprint density at radius 1 is 1.11 bits per heavy atom. The van der Waals surface area contributed by atoms with Crippen molar-refractivity contribution in [3.63, 3.8) is 0 Å². The largest absolute Gasteiger partial charge is 0.495 e. The minimum absolute atomic E-state index is 0.0231. The lowest BCUT2D eigenvalue weighted by Crippen LogP contribution is -2.36. The van der Waals surface area contributed by atoms with Crippen LogP contribution in [-0.2, 0) is 4.79 Å². The Labute approximate surface area is 163 Å². The standard InChI is InChI=1S/C21H23N5O2/c1-26-7-5-14(6-8-26)21(27)23-20-11-16-9-15(3-4-19(16)24-25-20)17-10-18(28-2)13-22-12-17/h3-4,9-14H,5-8H2,1-2H3,(H,23,25,27). The molecule has 0 unspecified atom stereocenters. The number of pyridine rings is 1. The summed E-state index contributed by atoms with van der Waals surface area (Å²) in [6.07, 6.45) is 5.21. The molecule has 28 heavy (non-hydrogen) atoms. The lowest BCUT2D eigenvalue weighted by molar-refractivity contribution is -0.121. The van der Waals surface area contributed by atoms with Crippen molar-refractivity contribution in [2.45, 2.75) is 12.8 Å². The first-order valence-electron chi connectivity index (χ1n) is 9.39. The monoisotopic (exact) mass is 377 g/mol. The van der Waals surface area contributed by atoms with Crippen LogP contribution >= 0.6 is 0 Å². The van der Waals surface area contributed by atoms with E-state index >= 15 is 0 Å². The number of hydrogen-bond acceptors (Lipinski definition) is 6. The number of nitrogens with zero attached hydrogens (tertiary/aromatic N) is 4. The maximum Gasteiger partial charge on any atom is 0.228 e. The van der Waals surface area contributed by atoms with Crippen molar-refractivity contribution in [2.24, 2.45) is 5.92 Å². The first kappa shape index (κ1) is 18.3. The van der Waals surface area contributed by atoms with Crippen molar-refractivity contribution in [1.29, 1.82) is 0 Å². The van der Waals surface area contributed by atoms with E-state index in [1.165, 1.54) is 0 Å². The number of fused-ring (bicyclic) bond motifs is 1. The zero-order chi connectivity index (χ0) is 19.5. The number of likely N-dealkylation sites (tertiary alicyclic amines) is 1. The van der Waals surface area contributed by atoms with Crippen LogP contribution in [0.4, 0.5) is 5.82 Å². The number of benzene rings is 1. The summed E-state index contributed by atoms with van der Waals surface area (Å²) in [7, 11) is 3.70. The summed E-state index contributed by atoms with van der Waals surface area (Å²) >= 11 is 0. The van der Waals surface area contributed by atoms with Gasteiger partial charge < -0.3 is 15.0 Å². The molecule has 0 bridgehead atoms. The number of nitrogens with one attached hydrogen (secondary N) is 1. The summed E-state index contributed by atoms with van der Waals surface area (Å²) in [4.78, 5) is 19.0. The SMILES string of the molecule is COc1cncc(-c2ccc3nnc(NC(=O)C4CCN(C)CC4)cc3c2)c1. The quantitative estimate of drug-likeness (QED) is 0.753. The highest BCUT2D eigenvalue weighted by Gasteiger charge is 2.23. The highest BCUT2D eigenvalue weighted by molar-refractivity contribution is 5.94. The second-order valence-corrected chi connectivity index (χ2v) is 7.18. The van der Waals surface area contributed by atoms with Crippen molar-refractivity contribution >= 4 is 22.6 Å². The average Bonchev–Trinajstić information content (AvgIpc) is 2.73. The number of hydrogen-bond donors (Lipinski definition) is 1. The molecular formula is C21H23N5O2. The van der Waals surface area contributed by atoms with Gasteiger partial charge in [-0.1, -0.05) is 6.07 Å². The molecule has 1 fully saturated rings. The van der Waals surface area contributed by atoms with Gasteiger partial charge in [0, 0.05) is 23.1 Å². The van der Waals surface area contributed by atoms with Crippen molar-refractivity contribution < 1.29 is 9.53 Å². The molecule has 3 heterocycles. The molecular weight excluding hydrogens is 354 g/mol. The minimum atomic E-state index is 0.0231. The summed E-state index contributed by atoms with van der Waals surface area (Å²) in [6, 6.07) is 9.72. The molecule has 1 saturated heterocycles. The molecule has 0 radical (unpaired) electrons. The Bertz CT molecular complexity index is 999. The van der Waals surface area contributed by atoms with Gasteiger partial charge in [0.1, 0.15) is 5.75 Å². The second kappa shape index (κ2) is 7.90.